The molecule has 25 heavy (non-hydrogen) atoms. The summed E-state index contributed by atoms with van der Waals surface area (Å²) in [5.41, 5.74) is 1.91. The van der Waals surface area contributed by atoms with Gasteiger partial charge in [-0.25, -0.2) is 4.98 Å². The zero-order chi connectivity index (χ0) is 17.4. The summed E-state index contributed by atoms with van der Waals surface area (Å²) in [6.45, 7) is 4.57. The van der Waals surface area contributed by atoms with Crippen LogP contribution in [0.3, 0.4) is 0 Å². The van der Waals surface area contributed by atoms with Crippen LogP contribution in [-0.4, -0.2) is 27.3 Å². The van der Waals surface area contributed by atoms with E-state index in [1.165, 1.54) is 11.3 Å². The SMILES string of the molecule is Cc1ccc(-c2nc(C)c(C(=O)N3CCC[C@@H]3c3ccncc3)s2)o1. The summed E-state index contributed by atoms with van der Waals surface area (Å²) in [6, 6.07) is 7.91. The van der Waals surface area contributed by atoms with Crippen LogP contribution in [0.2, 0.25) is 0 Å². The molecule has 0 aliphatic carbocycles. The van der Waals surface area contributed by atoms with Gasteiger partial charge in [-0.05, 0) is 56.5 Å². The molecule has 1 amide bonds. The van der Waals surface area contributed by atoms with Crippen molar-refractivity contribution in [3.63, 3.8) is 0 Å². The van der Waals surface area contributed by atoms with Crippen LogP contribution in [0.1, 0.15) is 45.6 Å². The van der Waals surface area contributed by atoms with E-state index in [-0.39, 0.29) is 11.9 Å². The lowest BCUT2D eigenvalue weighted by Crippen LogP contribution is -2.30. The van der Waals surface area contributed by atoms with Crippen LogP contribution in [0, 0.1) is 13.8 Å². The van der Waals surface area contributed by atoms with Crippen LogP contribution in [0.25, 0.3) is 10.8 Å². The number of rotatable bonds is 3. The van der Waals surface area contributed by atoms with Gasteiger partial charge in [-0.15, -0.1) is 11.3 Å². The van der Waals surface area contributed by atoms with Gasteiger partial charge in [0.15, 0.2) is 10.8 Å². The van der Waals surface area contributed by atoms with E-state index in [9.17, 15) is 4.79 Å². The number of aryl methyl sites for hydroxylation is 2. The number of hydrogen-bond acceptors (Lipinski definition) is 5. The van der Waals surface area contributed by atoms with Gasteiger partial charge in [-0.1, -0.05) is 0 Å². The molecule has 1 fully saturated rings. The highest BCUT2D eigenvalue weighted by Crippen LogP contribution is 2.36. The van der Waals surface area contributed by atoms with Crippen molar-refractivity contribution in [1.29, 1.82) is 0 Å². The van der Waals surface area contributed by atoms with Crippen molar-refractivity contribution in [2.45, 2.75) is 32.7 Å². The molecule has 3 aromatic heterocycles. The van der Waals surface area contributed by atoms with Crippen LogP contribution in [0.15, 0.2) is 41.1 Å². The zero-order valence-electron chi connectivity index (χ0n) is 14.2. The Bertz CT molecular complexity index is 901. The molecule has 0 spiro atoms. The van der Waals surface area contributed by atoms with Gasteiger partial charge < -0.3 is 9.32 Å². The molecule has 1 saturated heterocycles. The summed E-state index contributed by atoms with van der Waals surface area (Å²) < 4.78 is 5.65. The first-order chi connectivity index (χ1) is 12.1. The fourth-order valence-electron chi connectivity index (χ4n) is 3.32. The lowest BCUT2D eigenvalue weighted by Gasteiger charge is -2.24. The van der Waals surface area contributed by atoms with Crippen molar-refractivity contribution in [3.8, 4) is 10.8 Å². The van der Waals surface area contributed by atoms with E-state index in [1.807, 2.05) is 43.0 Å². The number of thiazole rings is 1. The van der Waals surface area contributed by atoms with Crippen LogP contribution in [0.5, 0.6) is 0 Å². The minimum absolute atomic E-state index is 0.0591. The number of furan rings is 1. The molecule has 0 bridgehead atoms. The number of hydrogen-bond donors (Lipinski definition) is 0. The third kappa shape index (κ3) is 2.98. The monoisotopic (exact) mass is 353 g/mol. The van der Waals surface area contributed by atoms with Crippen molar-refractivity contribution < 1.29 is 9.21 Å². The quantitative estimate of drug-likeness (QED) is 0.700. The van der Waals surface area contributed by atoms with Gasteiger partial charge in [0.1, 0.15) is 10.6 Å². The molecule has 0 saturated carbocycles. The fraction of sp³-hybridized carbons (Fsp3) is 0.316. The topological polar surface area (TPSA) is 59.2 Å². The van der Waals surface area contributed by atoms with Crippen molar-refractivity contribution in [1.82, 2.24) is 14.9 Å². The Labute approximate surface area is 150 Å². The Balaban J connectivity index is 1.63. The predicted molar refractivity (Wildman–Crippen MR) is 96.5 cm³/mol. The van der Waals surface area contributed by atoms with Gasteiger partial charge in [-0.3, -0.25) is 9.78 Å². The smallest absolute Gasteiger partial charge is 0.266 e. The molecule has 4 rings (SSSR count). The number of aromatic nitrogens is 2. The maximum Gasteiger partial charge on any atom is 0.266 e. The largest absolute Gasteiger partial charge is 0.459 e. The highest BCUT2D eigenvalue weighted by molar-refractivity contribution is 7.17. The first-order valence-corrected chi connectivity index (χ1v) is 9.20. The molecule has 5 nitrogen and oxygen atoms in total. The second kappa shape index (κ2) is 6.44. The summed E-state index contributed by atoms with van der Waals surface area (Å²) in [5.74, 6) is 1.62. The van der Waals surface area contributed by atoms with Crippen molar-refractivity contribution in [3.05, 3.63) is 58.6 Å². The van der Waals surface area contributed by atoms with Crippen molar-refractivity contribution >= 4 is 17.2 Å². The summed E-state index contributed by atoms with van der Waals surface area (Å²) in [5, 5.41) is 0.758. The minimum atomic E-state index is 0.0591. The lowest BCUT2D eigenvalue weighted by molar-refractivity contribution is 0.0739. The second-order valence-electron chi connectivity index (χ2n) is 6.28. The molecule has 1 aliphatic rings. The molecule has 1 aliphatic heterocycles. The molecule has 128 valence electrons. The molecular formula is C19H19N3O2S. The van der Waals surface area contributed by atoms with Crippen molar-refractivity contribution in [2.75, 3.05) is 6.54 Å². The van der Waals surface area contributed by atoms with E-state index in [2.05, 4.69) is 9.97 Å². The maximum atomic E-state index is 13.2. The molecule has 3 aromatic rings. The van der Waals surface area contributed by atoms with Gasteiger partial charge in [0.2, 0.25) is 0 Å². The second-order valence-corrected chi connectivity index (χ2v) is 7.28. The van der Waals surface area contributed by atoms with E-state index in [1.54, 1.807) is 12.4 Å². The van der Waals surface area contributed by atoms with E-state index in [0.717, 1.165) is 47.2 Å². The average molecular weight is 353 g/mol. The third-order valence-electron chi connectivity index (χ3n) is 4.55. The summed E-state index contributed by atoms with van der Waals surface area (Å²) >= 11 is 1.41. The van der Waals surface area contributed by atoms with E-state index < -0.39 is 0 Å². The number of likely N-dealkylation sites (tertiary alicyclic amines) is 1. The van der Waals surface area contributed by atoms with E-state index >= 15 is 0 Å². The summed E-state index contributed by atoms with van der Waals surface area (Å²) in [6.07, 6.45) is 5.57. The van der Waals surface area contributed by atoms with Gasteiger partial charge in [0, 0.05) is 18.9 Å². The van der Waals surface area contributed by atoms with Crippen LogP contribution in [-0.2, 0) is 0 Å². The Morgan fingerprint density at radius 3 is 2.76 bits per heavy atom. The normalized spacial score (nSPS) is 17.2. The number of amides is 1. The highest BCUT2D eigenvalue weighted by Gasteiger charge is 2.32. The molecule has 0 unspecified atom stereocenters. The van der Waals surface area contributed by atoms with Gasteiger partial charge in [0.05, 0.1) is 11.7 Å². The minimum Gasteiger partial charge on any atom is -0.459 e. The number of carbonyl (C=O) groups is 1. The Hall–Kier alpha value is -2.47. The number of pyridine rings is 1. The van der Waals surface area contributed by atoms with E-state index in [0.29, 0.717) is 4.88 Å². The molecule has 0 radical (unpaired) electrons. The molecule has 6 heteroatoms. The molecule has 0 aromatic carbocycles. The Kier molecular flexibility index (Phi) is 4.13. The lowest BCUT2D eigenvalue weighted by atomic mass is 10.1. The number of carbonyl (C=O) groups excluding carboxylic acids is 1. The van der Waals surface area contributed by atoms with Gasteiger partial charge >= 0.3 is 0 Å². The highest BCUT2D eigenvalue weighted by atomic mass is 32.1. The van der Waals surface area contributed by atoms with Crippen molar-refractivity contribution in [2.24, 2.45) is 0 Å². The molecule has 0 N–H and O–H groups in total. The van der Waals surface area contributed by atoms with Gasteiger partial charge in [0.25, 0.3) is 5.91 Å². The third-order valence-corrected chi connectivity index (χ3v) is 5.71. The zero-order valence-corrected chi connectivity index (χ0v) is 15.0. The van der Waals surface area contributed by atoms with Gasteiger partial charge in [-0.2, -0.15) is 0 Å². The first kappa shape index (κ1) is 16.0. The summed E-state index contributed by atoms with van der Waals surface area (Å²) in [4.78, 5) is 24.4. The fourth-order valence-corrected chi connectivity index (χ4v) is 4.31. The number of nitrogens with zero attached hydrogens (tertiary/aromatic N) is 3. The maximum absolute atomic E-state index is 13.2. The Morgan fingerprint density at radius 2 is 2.04 bits per heavy atom. The standard InChI is InChI=1S/C19H19N3O2S/c1-12-5-6-16(24-12)18-21-13(2)17(25-18)19(23)22-11-3-4-15(22)14-7-9-20-10-8-14/h5-10,15H,3-4,11H2,1-2H3/t15-/m1/s1. The Morgan fingerprint density at radius 1 is 1.24 bits per heavy atom. The van der Waals surface area contributed by atoms with Crippen LogP contribution < -0.4 is 0 Å². The van der Waals surface area contributed by atoms with Crippen LogP contribution in [0.4, 0.5) is 0 Å². The molecular weight excluding hydrogens is 334 g/mol. The van der Waals surface area contributed by atoms with E-state index in [4.69, 9.17) is 4.42 Å². The predicted octanol–water partition coefficient (Wildman–Crippen LogP) is 4.39. The summed E-state index contributed by atoms with van der Waals surface area (Å²) in [7, 11) is 0. The molecule has 1 atom stereocenters. The van der Waals surface area contributed by atoms with Crippen LogP contribution >= 0.6 is 11.3 Å². The average Bonchev–Trinajstić information content (AvgIpc) is 3.34. The molecule has 4 heterocycles. The first-order valence-electron chi connectivity index (χ1n) is 8.38.